The normalized spacial score (nSPS) is 14.7. The van der Waals surface area contributed by atoms with Crippen molar-refractivity contribution in [1.82, 2.24) is 4.57 Å². The molecule has 2 nitrogen and oxygen atoms in total. The Kier molecular flexibility index (Phi) is 6.01. The van der Waals surface area contributed by atoms with E-state index in [1.54, 1.807) is 0 Å². The second kappa shape index (κ2) is 10.3. The zero-order valence-corrected chi connectivity index (χ0v) is 28.9. The molecule has 2 aliphatic rings. The maximum absolute atomic E-state index is 2.47. The summed E-state index contributed by atoms with van der Waals surface area (Å²) < 4.78 is 2.39. The lowest BCUT2D eigenvalue weighted by molar-refractivity contribution is 0.660. The van der Waals surface area contributed by atoms with E-state index in [9.17, 15) is 0 Å². The van der Waals surface area contributed by atoms with E-state index < -0.39 is 0 Å². The van der Waals surface area contributed by atoms with E-state index in [1.807, 2.05) is 0 Å². The minimum absolute atomic E-state index is 0.0453. The Labute approximate surface area is 293 Å². The van der Waals surface area contributed by atoms with Crippen LogP contribution in [0.5, 0.6) is 0 Å². The molecule has 8 aromatic rings. The van der Waals surface area contributed by atoms with E-state index in [0.717, 1.165) is 17.1 Å². The van der Waals surface area contributed by atoms with Gasteiger partial charge in [0.25, 0.3) is 0 Å². The standard InChI is InChI=1S/C48H38N2/c1-47(2)41-19-11-8-16-35(41)38-28-32(22-25-43(38)47)49(33-23-26-44-39(29-33)36-17-9-12-20-42(36)48(44,3)4)34-24-27-46-40(30-34)37-18-10-13-21-45(37)50(46)31-14-6-5-7-15-31/h5-30H,1-4H3. The van der Waals surface area contributed by atoms with Gasteiger partial charge in [0.1, 0.15) is 0 Å². The first-order valence-corrected chi connectivity index (χ1v) is 17.7. The molecule has 0 amide bonds. The second-order valence-corrected chi connectivity index (χ2v) is 15.0. The number of nitrogens with zero attached hydrogens (tertiary/aromatic N) is 2. The Morgan fingerprint density at radius 3 is 1.46 bits per heavy atom. The molecule has 0 N–H and O–H groups in total. The van der Waals surface area contributed by atoms with Crippen LogP contribution in [-0.4, -0.2) is 4.57 Å². The summed E-state index contributed by atoms with van der Waals surface area (Å²) in [5.74, 6) is 0. The molecule has 0 radical (unpaired) electrons. The summed E-state index contributed by atoms with van der Waals surface area (Å²) in [6.45, 7) is 9.41. The SMILES string of the molecule is CC1(C)c2ccccc2-c2cc(N(c3ccc4c(c3)-c3ccccc3C4(C)C)c3ccc4c(c3)c3ccccc3n4-c3ccccc3)ccc21. The van der Waals surface area contributed by atoms with E-state index in [2.05, 4.69) is 195 Å². The highest BCUT2D eigenvalue weighted by Crippen LogP contribution is 2.53. The van der Waals surface area contributed by atoms with Gasteiger partial charge in [-0.2, -0.15) is 0 Å². The first-order valence-electron chi connectivity index (χ1n) is 17.7. The molecule has 2 aliphatic carbocycles. The fourth-order valence-corrected chi connectivity index (χ4v) is 9.10. The zero-order chi connectivity index (χ0) is 33.8. The number of benzene rings is 7. The van der Waals surface area contributed by atoms with Gasteiger partial charge in [0.15, 0.2) is 0 Å². The van der Waals surface area contributed by atoms with Gasteiger partial charge in [-0.15, -0.1) is 0 Å². The van der Waals surface area contributed by atoms with Crippen molar-refractivity contribution < 1.29 is 0 Å². The van der Waals surface area contributed by atoms with Gasteiger partial charge < -0.3 is 9.47 Å². The summed E-state index contributed by atoms with van der Waals surface area (Å²) >= 11 is 0. The van der Waals surface area contributed by atoms with Gasteiger partial charge in [0.2, 0.25) is 0 Å². The molecule has 1 aromatic heterocycles. The summed E-state index contributed by atoms with van der Waals surface area (Å²) in [7, 11) is 0. The molecule has 0 fully saturated rings. The van der Waals surface area contributed by atoms with Crippen LogP contribution in [0.25, 0.3) is 49.7 Å². The van der Waals surface area contributed by atoms with E-state index >= 15 is 0 Å². The summed E-state index contributed by atoms with van der Waals surface area (Å²) in [5, 5.41) is 2.50. The van der Waals surface area contributed by atoms with Crippen LogP contribution in [0, 0.1) is 0 Å². The van der Waals surface area contributed by atoms with E-state index in [1.165, 1.54) is 72.0 Å². The highest BCUT2D eigenvalue weighted by Gasteiger charge is 2.37. The van der Waals surface area contributed by atoms with Crippen LogP contribution in [0.1, 0.15) is 49.9 Å². The van der Waals surface area contributed by atoms with E-state index in [-0.39, 0.29) is 10.8 Å². The average molecular weight is 643 g/mol. The van der Waals surface area contributed by atoms with Crippen LogP contribution in [0.2, 0.25) is 0 Å². The van der Waals surface area contributed by atoms with Crippen molar-refractivity contribution in [2.45, 2.75) is 38.5 Å². The Morgan fingerprint density at radius 1 is 0.380 bits per heavy atom. The fourth-order valence-electron chi connectivity index (χ4n) is 9.10. The third-order valence-corrected chi connectivity index (χ3v) is 11.6. The summed E-state index contributed by atoms with van der Waals surface area (Å²) in [6.07, 6.45) is 0. The Balaban J connectivity index is 1.23. The number of aromatic nitrogens is 1. The predicted molar refractivity (Wildman–Crippen MR) is 211 cm³/mol. The quantitative estimate of drug-likeness (QED) is 0.185. The maximum Gasteiger partial charge on any atom is 0.0542 e. The number of rotatable bonds is 4. The fraction of sp³-hybridized carbons (Fsp3) is 0.125. The van der Waals surface area contributed by atoms with Gasteiger partial charge in [-0.1, -0.05) is 125 Å². The summed E-state index contributed by atoms with van der Waals surface area (Å²) in [4.78, 5) is 2.47. The number of hydrogen-bond acceptors (Lipinski definition) is 1. The molecular weight excluding hydrogens is 605 g/mol. The van der Waals surface area contributed by atoms with Gasteiger partial charge in [0, 0.05) is 44.4 Å². The maximum atomic E-state index is 2.47. The molecule has 240 valence electrons. The third-order valence-electron chi connectivity index (χ3n) is 11.6. The van der Waals surface area contributed by atoms with Crippen molar-refractivity contribution in [2.24, 2.45) is 0 Å². The summed E-state index contributed by atoms with van der Waals surface area (Å²) in [6, 6.07) is 58.6. The predicted octanol–water partition coefficient (Wildman–Crippen LogP) is 12.9. The molecule has 10 rings (SSSR count). The van der Waals surface area contributed by atoms with Crippen LogP contribution in [0.15, 0.2) is 158 Å². The first kappa shape index (κ1) is 29.1. The monoisotopic (exact) mass is 642 g/mol. The minimum Gasteiger partial charge on any atom is -0.310 e. The van der Waals surface area contributed by atoms with Crippen molar-refractivity contribution in [3.05, 3.63) is 180 Å². The van der Waals surface area contributed by atoms with Crippen LogP contribution >= 0.6 is 0 Å². The molecule has 1 heterocycles. The van der Waals surface area contributed by atoms with Gasteiger partial charge >= 0.3 is 0 Å². The molecule has 0 atom stereocenters. The molecule has 0 saturated heterocycles. The Bertz CT molecular complexity index is 2550. The molecule has 2 heteroatoms. The summed E-state index contributed by atoms with van der Waals surface area (Å²) in [5.41, 5.74) is 17.8. The van der Waals surface area contributed by atoms with Gasteiger partial charge in [-0.25, -0.2) is 0 Å². The van der Waals surface area contributed by atoms with Crippen molar-refractivity contribution in [3.63, 3.8) is 0 Å². The minimum atomic E-state index is -0.0453. The topological polar surface area (TPSA) is 8.17 Å². The first-order chi connectivity index (χ1) is 24.3. The highest BCUT2D eigenvalue weighted by atomic mass is 15.1. The van der Waals surface area contributed by atoms with Crippen LogP contribution in [-0.2, 0) is 10.8 Å². The second-order valence-electron chi connectivity index (χ2n) is 15.0. The van der Waals surface area contributed by atoms with Gasteiger partial charge in [-0.05, 0) is 105 Å². The van der Waals surface area contributed by atoms with Crippen molar-refractivity contribution in [3.8, 4) is 27.9 Å². The average Bonchev–Trinajstić information content (AvgIpc) is 3.69. The van der Waals surface area contributed by atoms with Crippen molar-refractivity contribution >= 4 is 38.9 Å². The highest BCUT2D eigenvalue weighted by molar-refractivity contribution is 6.10. The number of anilines is 3. The van der Waals surface area contributed by atoms with Crippen LogP contribution < -0.4 is 4.90 Å². The van der Waals surface area contributed by atoms with Crippen molar-refractivity contribution in [2.75, 3.05) is 4.90 Å². The molecule has 0 spiro atoms. The smallest absolute Gasteiger partial charge is 0.0542 e. The van der Waals surface area contributed by atoms with Crippen LogP contribution in [0.3, 0.4) is 0 Å². The number of fused-ring (bicyclic) bond motifs is 9. The van der Waals surface area contributed by atoms with E-state index in [0.29, 0.717) is 0 Å². The lowest BCUT2D eigenvalue weighted by Crippen LogP contribution is -2.16. The third kappa shape index (κ3) is 3.96. The van der Waals surface area contributed by atoms with Gasteiger partial charge in [0.05, 0.1) is 11.0 Å². The molecule has 0 unspecified atom stereocenters. The zero-order valence-electron chi connectivity index (χ0n) is 28.9. The lowest BCUT2D eigenvalue weighted by atomic mass is 9.82. The Hall–Kier alpha value is -5.86. The van der Waals surface area contributed by atoms with Crippen molar-refractivity contribution in [1.29, 1.82) is 0 Å². The number of para-hydroxylation sites is 2. The molecular formula is C48H38N2. The van der Waals surface area contributed by atoms with Gasteiger partial charge in [-0.3, -0.25) is 0 Å². The Morgan fingerprint density at radius 2 is 0.840 bits per heavy atom. The molecule has 0 aliphatic heterocycles. The largest absolute Gasteiger partial charge is 0.310 e. The molecule has 50 heavy (non-hydrogen) atoms. The number of hydrogen-bond donors (Lipinski definition) is 0. The van der Waals surface area contributed by atoms with E-state index in [4.69, 9.17) is 0 Å². The molecule has 0 bridgehead atoms. The lowest BCUT2D eigenvalue weighted by Gasteiger charge is -2.28. The molecule has 0 saturated carbocycles. The molecule has 7 aromatic carbocycles. The van der Waals surface area contributed by atoms with Crippen LogP contribution in [0.4, 0.5) is 17.1 Å².